The van der Waals surface area contributed by atoms with Crippen LogP contribution in [0.2, 0.25) is 0 Å². The van der Waals surface area contributed by atoms with Crippen molar-refractivity contribution in [3.05, 3.63) is 33.3 Å². The Morgan fingerprint density at radius 2 is 1.85 bits per heavy atom. The number of aryl methyl sites for hydroxylation is 2. The number of nitrogens with one attached hydrogen (secondary N) is 1. The van der Waals surface area contributed by atoms with Crippen LogP contribution in [0.5, 0.6) is 0 Å². The molecule has 0 radical (unpaired) electrons. The minimum atomic E-state index is -0.596. The molecule has 20 heavy (non-hydrogen) atoms. The van der Waals surface area contributed by atoms with Crippen molar-refractivity contribution in [1.29, 1.82) is 0 Å². The fourth-order valence-corrected chi connectivity index (χ4v) is 2.23. The molecule has 0 unspecified atom stereocenters. The van der Waals surface area contributed by atoms with Crippen molar-refractivity contribution in [2.24, 2.45) is 0 Å². The van der Waals surface area contributed by atoms with Gasteiger partial charge in [-0.2, -0.15) is 0 Å². The van der Waals surface area contributed by atoms with E-state index in [4.69, 9.17) is 4.74 Å². The third-order valence-corrected chi connectivity index (χ3v) is 4.32. The third kappa shape index (κ3) is 4.07. The number of ether oxygens (including phenoxy) is 1. The van der Waals surface area contributed by atoms with Crippen LogP contribution in [0.1, 0.15) is 41.3 Å². The van der Waals surface area contributed by atoms with E-state index in [-0.39, 0.29) is 5.91 Å². The zero-order chi connectivity index (χ0) is 15.3. The zero-order valence-electron chi connectivity index (χ0n) is 12.2. The minimum absolute atomic E-state index is 0.257. The van der Waals surface area contributed by atoms with Gasteiger partial charge in [0.1, 0.15) is 6.04 Å². The number of hydrogen-bond donors (Lipinski definition) is 1. The zero-order valence-corrected chi connectivity index (χ0v) is 13.8. The summed E-state index contributed by atoms with van der Waals surface area (Å²) in [5.74, 6) is -0.668. The van der Waals surface area contributed by atoms with E-state index in [1.54, 1.807) is 12.1 Å². The molecule has 0 saturated carbocycles. The normalized spacial score (nSPS) is 11.8. The van der Waals surface area contributed by atoms with E-state index in [2.05, 4.69) is 21.2 Å². The predicted octanol–water partition coefficient (Wildman–Crippen LogP) is 3.14. The molecule has 1 N–H and O–H groups in total. The summed E-state index contributed by atoms with van der Waals surface area (Å²) in [6.45, 7) is 5.81. The molecule has 0 aromatic heterocycles. The SMILES string of the molecule is CCC[C@@H](NC(=O)c1cc(C)c(Br)c(C)c1)C(=O)OC. The number of rotatable bonds is 5. The molecule has 0 fully saturated rings. The van der Waals surface area contributed by atoms with Crippen LogP contribution in [0.15, 0.2) is 16.6 Å². The largest absolute Gasteiger partial charge is 0.467 e. The van der Waals surface area contributed by atoms with Gasteiger partial charge in [0.05, 0.1) is 7.11 Å². The molecule has 1 rings (SSSR count). The van der Waals surface area contributed by atoms with Crippen molar-refractivity contribution < 1.29 is 14.3 Å². The number of carbonyl (C=O) groups excluding carboxylic acids is 2. The molecular formula is C15H20BrNO3. The quantitative estimate of drug-likeness (QED) is 0.837. The Kier molecular flexibility index (Phi) is 6.20. The van der Waals surface area contributed by atoms with Gasteiger partial charge >= 0.3 is 5.97 Å². The van der Waals surface area contributed by atoms with Crippen molar-refractivity contribution >= 4 is 27.8 Å². The number of methoxy groups -OCH3 is 1. The molecule has 0 heterocycles. The summed E-state index contributed by atoms with van der Waals surface area (Å²) in [6, 6.07) is 3.00. The van der Waals surface area contributed by atoms with Gasteiger partial charge in [-0.3, -0.25) is 4.79 Å². The Bertz CT molecular complexity index is 491. The van der Waals surface area contributed by atoms with E-state index >= 15 is 0 Å². The summed E-state index contributed by atoms with van der Waals surface area (Å²) in [5, 5.41) is 2.73. The maximum atomic E-state index is 12.2. The second-order valence-electron chi connectivity index (χ2n) is 4.76. The number of carbonyl (C=O) groups is 2. The van der Waals surface area contributed by atoms with Crippen molar-refractivity contribution in [2.45, 2.75) is 39.7 Å². The van der Waals surface area contributed by atoms with Crippen LogP contribution in [0.4, 0.5) is 0 Å². The number of esters is 1. The minimum Gasteiger partial charge on any atom is -0.467 e. The maximum absolute atomic E-state index is 12.2. The number of hydrogen-bond acceptors (Lipinski definition) is 3. The summed E-state index contributed by atoms with van der Waals surface area (Å²) < 4.78 is 5.70. The fourth-order valence-electron chi connectivity index (χ4n) is 2.00. The standard InChI is InChI=1S/C15H20BrNO3/c1-5-6-12(15(19)20-4)17-14(18)11-7-9(2)13(16)10(3)8-11/h7-8,12H,5-6H2,1-4H3,(H,17,18)/t12-/m1/s1. The van der Waals surface area contributed by atoms with Crippen LogP contribution in [-0.2, 0) is 9.53 Å². The summed E-state index contributed by atoms with van der Waals surface area (Å²) in [4.78, 5) is 23.8. The van der Waals surface area contributed by atoms with Crippen molar-refractivity contribution in [3.63, 3.8) is 0 Å². The van der Waals surface area contributed by atoms with E-state index in [1.165, 1.54) is 7.11 Å². The molecule has 0 spiro atoms. The van der Waals surface area contributed by atoms with Crippen LogP contribution in [-0.4, -0.2) is 25.0 Å². The highest BCUT2D eigenvalue weighted by atomic mass is 79.9. The lowest BCUT2D eigenvalue weighted by Gasteiger charge is -2.16. The van der Waals surface area contributed by atoms with E-state index in [9.17, 15) is 9.59 Å². The lowest BCUT2D eigenvalue weighted by Crippen LogP contribution is -2.41. The Hall–Kier alpha value is -1.36. The summed E-state index contributed by atoms with van der Waals surface area (Å²) in [5.41, 5.74) is 2.52. The molecule has 1 amide bonds. The number of amides is 1. The second-order valence-corrected chi connectivity index (χ2v) is 5.55. The molecule has 0 bridgehead atoms. The van der Waals surface area contributed by atoms with E-state index < -0.39 is 12.0 Å². The first-order valence-electron chi connectivity index (χ1n) is 6.56. The van der Waals surface area contributed by atoms with E-state index in [0.717, 1.165) is 22.0 Å². The number of benzene rings is 1. The third-order valence-electron chi connectivity index (χ3n) is 3.07. The van der Waals surface area contributed by atoms with Gasteiger partial charge in [-0.15, -0.1) is 0 Å². The molecule has 0 saturated heterocycles. The molecule has 4 nitrogen and oxygen atoms in total. The first-order valence-corrected chi connectivity index (χ1v) is 7.35. The molecular weight excluding hydrogens is 322 g/mol. The fraction of sp³-hybridized carbons (Fsp3) is 0.467. The highest BCUT2D eigenvalue weighted by Crippen LogP contribution is 2.22. The van der Waals surface area contributed by atoms with Gasteiger partial charge in [-0.25, -0.2) is 4.79 Å². The average molecular weight is 342 g/mol. The van der Waals surface area contributed by atoms with Gasteiger partial charge in [0.2, 0.25) is 0 Å². The van der Waals surface area contributed by atoms with Gasteiger partial charge < -0.3 is 10.1 Å². The van der Waals surface area contributed by atoms with Crippen molar-refractivity contribution in [2.75, 3.05) is 7.11 Å². The Labute approximate surface area is 128 Å². The van der Waals surface area contributed by atoms with E-state index in [1.807, 2.05) is 20.8 Å². The Morgan fingerprint density at radius 3 is 2.30 bits per heavy atom. The van der Waals surface area contributed by atoms with Gasteiger partial charge in [-0.1, -0.05) is 29.3 Å². The second kappa shape index (κ2) is 7.43. The van der Waals surface area contributed by atoms with Gasteiger partial charge in [-0.05, 0) is 43.5 Å². The molecule has 1 aromatic carbocycles. The topological polar surface area (TPSA) is 55.4 Å². The van der Waals surface area contributed by atoms with Crippen molar-refractivity contribution in [1.82, 2.24) is 5.32 Å². The summed E-state index contributed by atoms with van der Waals surface area (Å²) >= 11 is 3.47. The van der Waals surface area contributed by atoms with E-state index in [0.29, 0.717) is 12.0 Å². The van der Waals surface area contributed by atoms with Crippen molar-refractivity contribution in [3.8, 4) is 0 Å². The molecule has 1 atom stereocenters. The first kappa shape index (κ1) is 16.7. The highest BCUT2D eigenvalue weighted by Gasteiger charge is 2.21. The highest BCUT2D eigenvalue weighted by molar-refractivity contribution is 9.10. The van der Waals surface area contributed by atoms with Gasteiger partial charge in [0.15, 0.2) is 0 Å². The van der Waals surface area contributed by atoms with Gasteiger partial charge in [0.25, 0.3) is 5.91 Å². The molecule has 0 aliphatic rings. The maximum Gasteiger partial charge on any atom is 0.328 e. The van der Waals surface area contributed by atoms with Crippen LogP contribution in [0.25, 0.3) is 0 Å². The lowest BCUT2D eigenvalue weighted by molar-refractivity contribution is -0.143. The van der Waals surface area contributed by atoms with Crippen LogP contribution < -0.4 is 5.32 Å². The van der Waals surface area contributed by atoms with Crippen LogP contribution in [0.3, 0.4) is 0 Å². The molecule has 0 aliphatic heterocycles. The van der Waals surface area contributed by atoms with Gasteiger partial charge in [0, 0.05) is 10.0 Å². The summed E-state index contributed by atoms with van der Waals surface area (Å²) in [7, 11) is 1.32. The molecule has 0 aliphatic carbocycles. The molecule has 5 heteroatoms. The van der Waals surface area contributed by atoms with Crippen LogP contribution >= 0.6 is 15.9 Å². The van der Waals surface area contributed by atoms with Crippen LogP contribution in [0, 0.1) is 13.8 Å². The first-order chi connectivity index (χ1) is 9.40. The summed E-state index contributed by atoms with van der Waals surface area (Å²) in [6.07, 6.45) is 1.35. The Morgan fingerprint density at radius 1 is 1.30 bits per heavy atom. The lowest BCUT2D eigenvalue weighted by atomic mass is 10.1. The molecule has 110 valence electrons. The molecule has 1 aromatic rings. The Balaban J connectivity index is 2.91. The predicted molar refractivity (Wildman–Crippen MR) is 81.8 cm³/mol. The average Bonchev–Trinajstić information content (AvgIpc) is 2.42. The monoisotopic (exact) mass is 341 g/mol. The smallest absolute Gasteiger partial charge is 0.328 e. The number of halogens is 1.